The molecular formula is C16H15ClO4. The highest BCUT2D eigenvalue weighted by molar-refractivity contribution is 6.30. The van der Waals surface area contributed by atoms with Crippen molar-refractivity contribution in [3.8, 4) is 5.75 Å². The average Bonchev–Trinajstić information content (AvgIpc) is 2.47. The molecule has 0 saturated carbocycles. The lowest BCUT2D eigenvalue weighted by Gasteiger charge is -2.09. The zero-order valence-electron chi connectivity index (χ0n) is 11.5. The second kappa shape index (κ2) is 7.11. The molecule has 0 unspecified atom stereocenters. The molecule has 0 aromatic heterocycles. The number of benzene rings is 2. The number of methoxy groups -OCH3 is 1. The van der Waals surface area contributed by atoms with Crippen LogP contribution in [-0.2, 0) is 18.0 Å². The van der Waals surface area contributed by atoms with Gasteiger partial charge in [-0.05, 0) is 35.4 Å². The maximum Gasteiger partial charge on any atom is 0.339 e. The standard InChI is InChI=1S/C16H15ClO4/c1-20-15-8-12(5-6-14(15)16(18)19)10-21-9-11-3-2-4-13(17)7-11/h2-8H,9-10H2,1H3,(H,18,19). The van der Waals surface area contributed by atoms with Crippen molar-refractivity contribution < 1.29 is 19.4 Å². The molecule has 0 atom stereocenters. The average molecular weight is 307 g/mol. The van der Waals surface area contributed by atoms with Crippen LogP contribution in [0, 0.1) is 0 Å². The summed E-state index contributed by atoms with van der Waals surface area (Å²) >= 11 is 5.90. The van der Waals surface area contributed by atoms with Crippen molar-refractivity contribution in [3.63, 3.8) is 0 Å². The maximum atomic E-state index is 11.0. The van der Waals surface area contributed by atoms with Gasteiger partial charge in [-0.2, -0.15) is 0 Å². The van der Waals surface area contributed by atoms with Crippen LogP contribution in [0.1, 0.15) is 21.5 Å². The number of ether oxygens (including phenoxy) is 2. The quantitative estimate of drug-likeness (QED) is 0.882. The fraction of sp³-hybridized carbons (Fsp3) is 0.188. The summed E-state index contributed by atoms with van der Waals surface area (Å²) in [6, 6.07) is 12.3. The molecule has 0 aliphatic rings. The summed E-state index contributed by atoms with van der Waals surface area (Å²) in [6.07, 6.45) is 0. The van der Waals surface area contributed by atoms with E-state index >= 15 is 0 Å². The highest BCUT2D eigenvalue weighted by Gasteiger charge is 2.11. The summed E-state index contributed by atoms with van der Waals surface area (Å²) in [7, 11) is 1.44. The zero-order chi connectivity index (χ0) is 15.2. The lowest BCUT2D eigenvalue weighted by atomic mass is 10.1. The number of carbonyl (C=O) groups is 1. The topological polar surface area (TPSA) is 55.8 Å². The molecule has 21 heavy (non-hydrogen) atoms. The second-order valence-electron chi connectivity index (χ2n) is 4.46. The maximum absolute atomic E-state index is 11.0. The van der Waals surface area contributed by atoms with Gasteiger partial charge in [-0.25, -0.2) is 4.79 Å². The van der Waals surface area contributed by atoms with Crippen molar-refractivity contribution in [3.05, 3.63) is 64.2 Å². The number of hydrogen-bond acceptors (Lipinski definition) is 3. The van der Waals surface area contributed by atoms with Crippen LogP contribution in [0.15, 0.2) is 42.5 Å². The van der Waals surface area contributed by atoms with Gasteiger partial charge in [0.25, 0.3) is 0 Å². The van der Waals surface area contributed by atoms with Gasteiger partial charge >= 0.3 is 5.97 Å². The van der Waals surface area contributed by atoms with E-state index in [2.05, 4.69) is 0 Å². The van der Waals surface area contributed by atoms with Gasteiger partial charge in [0.1, 0.15) is 11.3 Å². The predicted octanol–water partition coefficient (Wildman–Crippen LogP) is 3.76. The van der Waals surface area contributed by atoms with Gasteiger partial charge in [-0.1, -0.05) is 29.8 Å². The summed E-state index contributed by atoms with van der Waals surface area (Å²) in [5, 5.41) is 9.68. The van der Waals surface area contributed by atoms with Crippen LogP contribution in [0.3, 0.4) is 0 Å². The van der Waals surface area contributed by atoms with Gasteiger partial charge < -0.3 is 14.6 Å². The van der Waals surface area contributed by atoms with Gasteiger partial charge in [0, 0.05) is 5.02 Å². The molecule has 1 N–H and O–H groups in total. The Morgan fingerprint density at radius 2 is 1.86 bits per heavy atom. The van der Waals surface area contributed by atoms with E-state index in [1.54, 1.807) is 18.2 Å². The van der Waals surface area contributed by atoms with Gasteiger partial charge in [0.05, 0.1) is 20.3 Å². The number of halogens is 1. The van der Waals surface area contributed by atoms with Gasteiger partial charge in [0.15, 0.2) is 0 Å². The lowest BCUT2D eigenvalue weighted by molar-refractivity contribution is 0.0693. The Hall–Kier alpha value is -2.04. The minimum absolute atomic E-state index is 0.135. The summed E-state index contributed by atoms with van der Waals surface area (Å²) in [4.78, 5) is 11.0. The van der Waals surface area contributed by atoms with Crippen LogP contribution in [0.2, 0.25) is 5.02 Å². The van der Waals surface area contributed by atoms with Crippen LogP contribution >= 0.6 is 11.6 Å². The molecule has 0 fully saturated rings. The molecule has 0 spiro atoms. The first kappa shape index (κ1) is 15.4. The first-order valence-electron chi connectivity index (χ1n) is 6.32. The fourth-order valence-corrected chi connectivity index (χ4v) is 2.13. The highest BCUT2D eigenvalue weighted by Crippen LogP contribution is 2.21. The van der Waals surface area contributed by atoms with E-state index in [1.165, 1.54) is 13.2 Å². The Balaban J connectivity index is 1.99. The Kier molecular flexibility index (Phi) is 5.20. The third-order valence-corrected chi connectivity index (χ3v) is 3.16. The number of carboxylic acids is 1. The SMILES string of the molecule is COc1cc(COCc2cccc(Cl)c2)ccc1C(=O)O. The van der Waals surface area contributed by atoms with Crippen LogP contribution in [0.5, 0.6) is 5.75 Å². The minimum Gasteiger partial charge on any atom is -0.496 e. The minimum atomic E-state index is -1.02. The van der Waals surface area contributed by atoms with Gasteiger partial charge in [-0.15, -0.1) is 0 Å². The van der Waals surface area contributed by atoms with E-state index in [1.807, 2.05) is 18.2 Å². The molecule has 5 heteroatoms. The molecular weight excluding hydrogens is 292 g/mol. The Morgan fingerprint density at radius 3 is 2.48 bits per heavy atom. The zero-order valence-corrected chi connectivity index (χ0v) is 12.3. The predicted molar refractivity (Wildman–Crippen MR) is 79.9 cm³/mol. The largest absolute Gasteiger partial charge is 0.496 e. The third kappa shape index (κ3) is 4.21. The molecule has 0 aliphatic heterocycles. The van der Waals surface area contributed by atoms with Crippen molar-refractivity contribution >= 4 is 17.6 Å². The van der Waals surface area contributed by atoms with Crippen molar-refractivity contribution in [1.82, 2.24) is 0 Å². The fourth-order valence-electron chi connectivity index (χ4n) is 1.92. The molecule has 0 aliphatic carbocycles. The van der Waals surface area contributed by atoms with Crippen molar-refractivity contribution in [2.24, 2.45) is 0 Å². The molecule has 0 radical (unpaired) electrons. The molecule has 2 rings (SSSR count). The second-order valence-corrected chi connectivity index (χ2v) is 4.90. The van der Waals surface area contributed by atoms with E-state index in [4.69, 9.17) is 26.2 Å². The molecule has 4 nitrogen and oxygen atoms in total. The number of rotatable bonds is 6. The normalized spacial score (nSPS) is 10.4. The number of aromatic carboxylic acids is 1. The summed E-state index contributed by atoms with van der Waals surface area (Å²) in [5.41, 5.74) is 1.96. The number of hydrogen-bond donors (Lipinski definition) is 1. The lowest BCUT2D eigenvalue weighted by Crippen LogP contribution is -2.02. The highest BCUT2D eigenvalue weighted by atomic mass is 35.5. The molecule has 110 valence electrons. The Labute approximate surface area is 127 Å². The van der Waals surface area contributed by atoms with E-state index in [0.717, 1.165) is 11.1 Å². The smallest absolute Gasteiger partial charge is 0.339 e. The molecule has 2 aromatic carbocycles. The molecule has 0 amide bonds. The van der Waals surface area contributed by atoms with Crippen molar-refractivity contribution in [2.75, 3.05) is 7.11 Å². The first-order valence-corrected chi connectivity index (χ1v) is 6.70. The first-order chi connectivity index (χ1) is 10.1. The van der Waals surface area contributed by atoms with Crippen LogP contribution in [0.25, 0.3) is 0 Å². The van der Waals surface area contributed by atoms with E-state index in [0.29, 0.717) is 24.0 Å². The van der Waals surface area contributed by atoms with E-state index < -0.39 is 5.97 Å². The van der Waals surface area contributed by atoms with Gasteiger partial charge in [0.2, 0.25) is 0 Å². The van der Waals surface area contributed by atoms with Crippen molar-refractivity contribution in [2.45, 2.75) is 13.2 Å². The Morgan fingerprint density at radius 1 is 1.14 bits per heavy atom. The monoisotopic (exact) mass is 306 g/mol. The molecule has 0 bridgehead atoms. The van der Waals surface area contributed by atoms with Crippen LogP contribution in [0.4, 0.5) is 0 Å². The Bertz CT molecular complexity index is 640. The summed E-state index contributed by atoms with van der Waals surface area (Å²) in [5.74, 6) is -0.690. The van der Waals surface area contributed by atoms with Crippen LogP contribution in [-0.4, -0.2) is 18.2 Å². The van der Waals surface area contributed by atoms with Crippen LogP contribution < -0.4 is 4.74 Å². The number of carboxylic acid groups (broad SMARTS) is 1. The molecule has 0 saturated heterocycles. The third-order valence-electron chi connectivity index (χ3n) is 2.92. The van der Waals surface area contributed by atoms with Crippen molar-refractivity contribution in [1.29, 1.82) is 0 Å². The van der Waals surface area contributed by atoms with Gasteiger partial charge in [-0.3, -0.25) is 0 Å². The molecule has 0 heterocycles. The van der Waals surface area contributed by atoms with E-state index in [-0.39, 0.29) is 5.56 Å². The summed E-state index contributed by atoms with van der Waals surface area (Å²) in [6.45, 7) is 0.798. The molecule has 2 aromatic rings. The summed E-state index contributed by atoms with van der Waals surface area (Å²) < 4.78 is 10.7. The van der Waals surface area contributed by atoms with E-state index in [9.17, 15) is 4.79 Å².